The van der Waals surface area contributed by atoms with Gasteiger partial charge in [0.1, 0.15) is 0 Å². The maximum Gasteiger partial charge on any atom is 0.0610 e. The van der Waals surface area contributed by atoms with Gasteiger partial charge >= 0.3 is 0 Å². The van der Waals surface area contributed by atoms with Crippen molar-refractivity contribution >= 4 is 0 Å². The van der Waals surface area contributed by atoms with Crippen molar-refractivity contribution in [1.82, 2.24) is 10.2 Å². The van der Waals surface area contributed by atoms with Crippen LogP contribution in [0.1, 0.15) is 46.5 Å². The van der Waals surface area contributed by atoms with Crippen molar-refractivity contribution in [3.8, 4) is 0 Å². The van der Waals surface area contributed by atoms with E-state index in [1.54, 1.807) is 0 Å². The van der Waals surface area contributed by atoms with E-state index in [1.807, 2.05) is 7.11 Å². The molecule has 0 bridgehead atoms. The van der Waals surface area contributed by atoms with Crippen molar-refractivity contribution in [2.45, 2.75) is 64.1 Å². The van der Waals surface area contributed by atoms with Gasteiger partial charge in [0.15, 0.2) is 0 Å². The number of nitrogens with one attached hydrogen (secondary N) is 1. The molecule has 1 aliphatic rings. The molecule has 1 heterocycles. The summed E-state index contributed by atoms with van der Waals surface area (Å²) in [4.78, 5) is 2.52. The normalized spacial score (nSPS) is 21.8. The van der Waals surface area contributed by atoms with Crippen LogP contribution < -0.4 is 5.32 Å². The van der Waals surface area contributed by atoms with Crippen LogP contribution in [0.15, 0.2) is 0 Å². The molecule has 0 amide bonds. The lowest BCUT2D eigenvalue weighted by Crippen LogP contribution is -2.49. The number of nitrogens with zero attached hydrogens (tertiary/aromatic N) is 1. The molecule has 1 unspecified atom stereocenters. The minimum Gasteiger partial charge on any atom is -0.394 e. The second-order valence-electron chi connectivity index (χ2n) is 6.40. The first-order chi connectivity index (χ1) is 8.99. The van der Waals surface area contributed by atoms with Crippen LogP contribution in [0.25, 0.3) is 0 Å². The molecule has 1 atom stereocenters. The molecule has 2 N–H and O–H groups in total. The van der Waals surface area contributed by atoms with E-state index in [9.17, 15) is 5.11 Å². The maximum atomic E-state index is 9.55. The molecule has 1 aliphatic heterocycles. The molecule has 1 fully saturated rings. The van der Waals surface area contributed by atoms with Crippen LogP contribution in [0.3, 0.4) is 0 Å². The molecule has 0 aromatic rings. The van der Waals surface area contributed by atoms with Crippen molar-refractivity contribution in [2.75, 3.05) is 33.4 Å². The van der Waals surface area contributed by atoms with E-state index in [0.717, 1.165) is 45.3 Å². The van der Waals surface area contributed by atoms with Crippen LogP contribution in [-0.2, 0) is 4.74 Å². The number of hydrogen-bond acceptors (Lipinski definition) is 4. The number of hydrogen-bond donors (Lipinski definition) is 2. The average Bonchev–Trinajstić information content (AvgIpc) is 2.38. The third-order valence-electron chi connectivity index (χ3n) is 4.06. The summed E-state index contributed by atoms with van der Waals surface area (Å²) in [7, 11) is 1.81. The fraction of sp³-hybridized carbons (Fsp3) is 1.00. The van der Waals surface area contributed by atoms with Gasteiger partial charge in [-0.3, -0.25) is 0 Å². The molecular formula is C15H32N2O2. The summed E-state index contributed by atoms with van der Waals surface area (Å²) >= 11 is 0. The highest BCUT2D eigenvalue weighted by Crippen LogP contribution is 2.16. The summed E-state index contributed by atoms with van der Waals surface area (Å²) in [5, 5.41) is 13.0. The van der Waals surface area contributed by atoms with Gasteiger partial charge in [-0.25, -0.2) is 0 Å². The monoisotopic (exact) mass is 272 g/mol. The molecule has 0 spiro atoms. The summed E-state index contributed by atoms with van der Waals surface area (Å²) in [6.45, 7) is 10.00. The van der Waals surface area contributed by atoms with Gasteiger partial charge in [-0.2, -0.15) is 0 Å². The first kappa shape index (κ1) is 16.9. The second-order valence-corrected chi connectivity index (χ2v) is 6.40. The molecule has 19 heavy (non-hydrogen) atoms. The van der Waals surface area contributed by atoms with Crippen LogP contribution in [0.5, 0.6) is 0 Å². The predicted molar refractivity (Wildman–Crippen MR) is 79.5 cm³/mol. The van der Waals surface area contributed by atoms with Gasteiger partial charge in [0.05, 0.1) is 12.7 Å². The van der Waals surface area contributed by atoms with Crippen molar-refractivity contribution in [2.24, 2.45) is 0 Å². The van der Waals surface area contributed by atoms with Gasteiger partial charge in [0.25, 0.3) is 0 Å². The predicted octanol–water partition coefficient (Wildman–Crippen LogP) is 1.63. The molecule has 1 saturated heterocycles. The Hall–Kier alpha value is -0.160. The number of likely N-dealkylation sites (tertiary alicyclic amines) is 1. The van der Waals surface area contributed by atoms with Crippen LogP contribution in [0, 0.1) is 0 Å². The zero-order valence-corrected chi connectivity index (χ0v) is 13.1. The summed E-state index contributed by atoms with van der Waals surface area (Å²) in [6, 6.07) is 0.412. The number of piperidine rings is 1. The average molecular weight is 272 g/mol. The number of aliphatic hydroxyl groups is 1. The first-order valence-electron chi connectivity index (χ1n) is 7.63. The summed E-state index contributed by atoms with van der Waals surface area (Å²) in [5.41, 5.74) is -0.140. The molecule has 0 aromatic heterocycles. The highest BCUT2D eigenvalue weighted by Gasteiger charge is 2.24. The Balaban J connectivity index is 2.22. The lowest BCUT2D eigenvalue weighted by molar-refractivity contribution is 0.0395. The van der Waals surface area contributed by atoms with Crippen LogP contribution in [0.4, 0.5) is 0 Å². The molecule has 0 saturated carbocycles. The molecule has 4 nitrogen and oxygen atoms in total. The van der Waals surface area contributed by atoms with Gasteiger partial charge in [0.2, 0.25) is 0 Å². The molecule has 1 rings (SSSR count). The zero-order valence-electron chi connectivity index (χ0n) is 13.1. The van der Waals surface area contributed by atoms with Gasteiger partial charge in [0, 0.05) is 31.8 Å². The number of methoxy groups -OCH3 is 1. The summed E-state index contributed by atoms with van der Waals surface area (Å²) < 4.78 is 5.39. The highest BCUT2D eigenvalue weighted by molar-refractivity contribution is 4.84. The Kier molecular flexibility index (Phi) is 7.29. The Morgan fingerprint density at radius 2 is 2.00 bits per heavy atom. The van der Waals surface area contributed by atoms with Gasteiger partial charge in [-0.05, 0) is 39.2 Å². The highest BCUT2D eigenvalue weighted by atomic mass is 16.5. The van der Waals surface area contributed by atoms with E-state index in [1.165, 1.54) is 0 Å². The molecule has 4 heteroatoms. The SMILES string of the molecule is COC1CCN(CCCC(C)(CO)NC(C)C)CC1. The van der Waals surface area contributed by atoms with E-state index in [4.69, 9.17) is 4.74 Å². The molecular weight excluding hydrogens is 240 g/mol. The molecule has 0 aliphatic carbocycles. The van der Waals surface area contributed by atoms with Crippen LogP contribution in [0.2, 0.25) is 0 Å². The van der Waals surface area contributed by atoms with Crippen molar-refractivity contribution in [3.63, 3.8) is 0 Å². The minimum absolute atomic E-state index is 0.140. The third-order valence-corrected chi connectivity index (χ3v) is 4.06. The smallest absolute Gasteiger partial charge is 0.0610 e. The van der Waals surface area contributed by atoms with E-state index in [2.05, 4.69) is 31.0 Å². The lowest BCUT2D eigenvalue weighted by Gasteiger charge is -2.34. The van der Waals surface area contributed by atoms with Gasteiger partial charge in [-0.1, -0.05) is 13.8 Å². The van der Waals surface area contributed by atoms with E-state index in [0.29, 0.717) is 12.1 Å². The van der Waals surface area contributed by atoms with Gasteiger partial charge in [-0.15, -0.1) is 0 Å². The second kappa shape index (κ2) is 8.20. The van der Waals surface area contributed by atoms with E-state index < -0.39 is 0 Å². The number of aliphatic hydroxyl groups excluding tert-OH is 1. The van der Waals surface area contributed by atoms with E-state index >= 15 is 0 Å². The van der Waals surface area contributed by atoms with Crippen molar-refractivity contribution in [3.05, 3.63) is 0 Å². The number of rotatable bonds is 8. The van der Waals surface area contributed by atoms with Crippen molar-refractivity contribution in [1.29, 1.82) is 0 Å². The Morgan fingerprint density at radius 3 is 2.47 bits per heavy atom. The number of ether oxygens (including phenoxy) is 1. The lowest BCUT2D eigenvalue weighted by atomic mass is 9.95. The van der Waals surface area contributed by atoms with Gasteiger partial charge < -0.3 is 20.1 Å². The first-order valence-corrected chi connectivity index (χ1v) is 7.63. The topological polar surface area (TPSA) is 44.7 Å². The zero-order chi connectivity index (χ0) is 14.3. The summed E-state index contributed by atoms with van der Waals surface area (Å²) in [5.74, 6) is 0. The summed E-state index contributed by atoms with van der Waals surface area (Å²) in [6.07, 6.45) is 4.91. The maximum absolute atomic E-state index is 9.55. The van der Waals surface area contributed by atoms with E-state index in [-0.39, 0.29) is 12.1 Å². The van der Waals surface area contributed by atoms with Crippen LogP contribution in [-0.4, -0.2) is 61.0 Å². The fourth-order valence-corrected chi connectivity index (χ4v) is 2.96. The van der Waals surface area contributed by atoms with Crippen molar-refractivity contribution < 1.29 is 9.84 Å². The Labute approximate surface area is 118 Å². The Morgan fingerprint density at radius 1 is 1.37 bits per heavy atom. The molecule has 0 aromatic carbocycles. The quantitative estimate of drug-likeness (QED) is 0.705. The third kappa shape index (κ3) is 6.21. The fourth-order valence-electron chi connectivity index (χ4n) is 2.96. The van der Waals surface area contributed by atoms with Crippen LogP contribution >= 0.6 is 0 Å². The Bertz CT molecular complexity index is 240. The largest absolute Gasteiger partial charge is 0.394 e. The standard InChI is InChI=1S/C15H32N2O2/c1-13(2)16-15(3,12-18)8-5-9-17-10-6-14(19-4)7-11-17/h13-14,16,18H,5-12H2,1-4H3. The molecule has 0 radical (unpaired) electrons. The minimum atomic E-state index is -0.140. The molecule has 114 valence electrons.